The van der Waals surface area contributed by atoms with Crippen LogP contribution in [0.25, 0.3) is 0 Å². The summed E-state index contributed by atoms with van der Waals surface area (Å²) in [6.45, 7) is 3.91. The number of amides is 1. The minimum atomic E-state index is -0.815. The second kappa shape index (κ2) is 11.0. The zero-order chi connectivity index (χ0) is 22.2. The van der Waals surface area contributed by atoms with Gasteiger partial charge in [-0.2, -0.15) is 0 Å². The molecule has 0 spiro atoms. The van der Waals surface area contributed by atoms with Gasteiger partial charge in [0, 0.05) is 24.2 Å². The number of nitrogens with zero attached hydrogens (tertiary/aromatic N) is 1. The number of aromatic nitrogens is 1. The Kier molecular flexibility index (Phi) is 8.17. The average Bonchev–Trinajstić information content (AvgIpc) is 3.19. The molecule has 0 aliphatic heterocycles. The molecule has 0 saturated heterocycles. The van der Waals surface area contributed by atoms with Crippen molar-refractivity contribution in [3.63, 3.8) is 0 Å². The number of hydrogen-bond donors (Lipinski definition) is 3. The number of carbonyl (C=O) groups excluding carboxylic acids is 1. The highest BCUT2D eigenvalue weighted by molar-refractivity contribution is 7.11. The molecule has 1 heterocycles. The van der Waals surface area contributed by atoms with Crippen LogP contribution in [-0.4, -0.2) is 34.4 Å². The van der Waals surface area contributed by atoms with Gasteiger partial charge in [-0.25, -0.2) is 9.78 Å². The van der Waals surface area contributed by atoms with Gasteiger partial charge in [-0.15, -0.1) is 11.3 Å². The lowest BCUT2D eigenvalue weighted by atomic mass is 9.82. The van der Waals surface area contributed by atoms with Crippen molar-refractivity contribution in [2.24, 2.45) is 5.73 Å². The number of aliphatic hydroxyl groups excluding tert-OH is 1. The zero-order valence-corrected chi connectivity index (χ0v) is 18.6. The van der Waals surface area contributed by atoms with Gasteiger partial charge in [0.2, 0.25) is 0 Å². The summed E-state index contributed by atoms with van der Waals surface area (Å²) < 4.78 is 5.25. The first kappa shape index (κ1) is 22.9. The zero-order valence-electron chi connectivity index (χ0n) is 17.8. The molecule has 3 atom stereocenters. The largest absolute Gasteiger partial charge is 0.444 e. The molecule has 3 aromatic rings. The maximum atomic E-state index is 12.1. The van der Waals surface area contributed by atoms with Crippen molar-refractivity contribution in [1.29, 1.82) is 0 Å². The number of thiazole rings is 1. The third-order valence-electron chi connectivity index (χ3n) is 5.12. The molecule has 3 rings (SSSR count). The predicted octanol–water partition coefficient (Wildman–Crippen LogP) is 3.98. The minimum absolute atomic E-state index is 0.161. The number of nitrogens with one attached hydrogen (secondary N) is 1. The van der Waals surface area contributed by atoms with E-state index in [9.17, 15) is 9.90 Å². The number of carbonyl (C=O) groups is 1. The van der Waals surface area contributed by atoms with Crippen molar-refractivity contribution in [3.05, 3.63) is 87.9 Å². The van der Waals surface area contributed by atoms with Crippen LogP contribution in [-0.2, 0) is 11.3 Å². The molecule has 7 heteroatoms. The molecule has 31 heavy (non-hydrogen) atoms. The van der Waals surface area contributed by atoms with E-state index in [1.54, 1.807) is 6.20 Å². The maximum Gasteiger partial charge on any atom is 0.407 e. The first-order valence-corrected chi connectivity index (χ1v) is 11.1. The van der Waals surface area contributed by atoms with Gasteiger partial charge in [0.25, 0.3) is 0 Å². The van der Waals surface area contributed by atoms with Gasteiger partial charge in [-0.3, -0.25) is 0 Å². The number of aryl methyl sites for hydroxylation is 1. The maximum absolute atomic E-state index is 12.1. The summed E-state index contributed by atoms with van der Waals surface area (Å²) in [7, 11) is 0. The molecular weight excluding hydrogens is 410 g/mol. The molecule has 0 aliphatic carbocycles. The van der Waals surface area contributed by atoms with Gasteiger partial charge in [-0.1, -0.05) is 60.7 Å². The molecule has 4 N–H and O–H groups in total. The molecule has 2 aromatic carbocycles. The van der Waals surface area contributed by atoms with Crippen molar-refractivity contribution < 1.29 is 14.6 Å². The summed E-state index contributed by atoms with van der Waals surface area (Å²) >= 11 is 1.49. The minimum Gasteiger partial charge on any atom is -0.444 e. The lowest BCUT2D eigenvalue weighted by molar-refractivity contribution is 0.108. The Morgan fingerprint density at radius 2 is 1.71 bits per heavy atom. The summed E-state index contributed by atoms with van der Waals surface area (Å²) in [5, 5.41) is 14.6. The molecular formula is C24H29N3O3S. The smallest absolute Gasteiger partial charge is 0.407 e. The molecule has 164 valence electrons. The van der Waals surface area contributed by atoms with Crippen LogP contribution >= 0.6 is 11.3 Å². The molecule has 0 aliphatic rings. The lowest BCUT2D eigenvalue weighted by Crippen LogP contribution is -2.45. The average molecular weight is 440 g/mol. The third kappa shape index (κ3) is 6.62. The molecule has 0 unspecified atom stereocenters. The first-order chi connectivity index (χ1) is 14.9. The second-order valence-corrected chi connectivity index (χ2v) is 8.97. The number of hydrogen-bond acceptors (Lipinski definition) is 6. The molecule has 1 aromatic heterocycles. The van der Waals surface area contributed by atoms with E-state index in [2.05, 4.69) is 10.3 Å². The van der Waals surface area contributed by atoms with Crippen molar-refractivity contribution in [2.75, 3.05) is 0 Å². The van der Waals surface area contributed by atoms with E-state index in [0.29, 0.717) is 6.42 Å². The van der Waals surface area contributed by atoms with Crippen LogP contribution in [0.1, 0.15) is 40.3 Å². The molecule has 6 nitrogen and oxygen atoms in total. The molecule has 0 fully saturated rings. The van der Waals surface area contributed by atoms with Crippen molar-refractivity contribution in [1.82, 2.24) is 10.3 Å². The molecule has 0 saturated carbocycles. The number of rotatable bonds is 9. The summed E-state index contributed by atoms with van der Waals surface area (Å²) in [5.41, 5.74) is 8.63. The fourth-order valence-corrected chi connectivity index (χ4v) is 4.32. The molecule has 0 radical (unpaired) electrons. The van der Waals surface area contributed by atoms with Gasteiger partial charge in [0.05, 0.1) is 16.0 Å². The monoisotopic (exact) mass is 439 g/mol. The standard InChI is InChI=1S/C24H29N3O3S/c1-16(27-24(29)30-15-20-14-26-17(2)31-20)13-21(28)23(25)22(18-9-5-3-6-10-18)19-11-7-4-8-12-19/h3-12,14,16,21-23,28H,13,15,25H2,1-2H3,(H,27,29)/t16-,21-,23+/m0/s1. The van der Waals surface area contributed by atoms with Crippen LogP contribution in [0.5, 0.6) is 0 Å². The van der Waals surface area contributed by atoms with E-state index < -0.39 is 18.2 Å². The normalized spacial score (nSPS) is 14.1. The predicted molar refractivity (Wildman–Crippen MR) is 123 cm³/mol. The Bertz CT molecular complexity index is 909. The summed E-state index contributed by atoms with van der Waals surface area (Å²) in [6.07, 6.45) is 0.672. The molecule has 1 amide bonds. The number of ether oxygens (including phenoxy) is 1. The highest BCUT2D eigenvalue weighted by atomic mass is 32.1. The Morgan fingerprint density at radius 3 is 2.23 bits per heavy atom. The van der Waals surface area contributed by atoms with Gasteiger partial charge < -0.3 is 20.9 Å². The van der Waals surface area contributed by atoms with Crippen molar-refractivity contribution >= 4 is 17.4 Å². The van der Waals surface area contributed by atoms with Crippen molar-refractivity contribution in [2.45, 2.75) is 51.0 Å². The highest BCUT2D eigenvalue weighted by Crippen LogP contribution is 2.29. The van der Waals surface area contributed by atoms with E-state index >= 15 is 0 Å². The lowest BCUT2D eigenvalue weighted by Gasteiger charge is -2.30. The first-order valence-electron chi connectivity index (χ1n) is 10.3. The topological polar surface area (TPSA) is 97.5 Å². The Morgan fingerprint density at radius 1 is 1.13 bits per heavy atom. The summed E-state index contributed by atoms with van der Waals surface area (Å²) in [5.74, 6) is -0.161. The third-order valence-corrected chi connectivity index (χ3v) is 6.01. The highest BCUT2D eigenvalue weighted by Gasteiger charge is 2.29. The van der Waals surface area contributed by atoms with E-state index in [1.165, 1.54) is 11.3 Å². The van der Waals surface area contributed by atoms with Gasteiger partial charge in [-0.05, 0) is 31.4 Å². The van der Waals surface area contributed by atoms with E-state index in [1.807, 2.05) is 74.5 Å². The fraction of sp³-hybridized carbons (Fsp3) is 0.333. The van der Waals surface area contributed by atoms with E-state index in [0.717, 1.165) is 21.0 Å². The quantitative estimate of drug-likeness (QED) is 0.469. The van der Waals surface area contributed by atoms with Crippen LogP contribution in [0.4, 0.5) is 4.79 Å². The fourth-order valence-electron chi connectivity index (χ4n) is 3.61. The Hall–Kier alpha value is -2.74. The Balaban J connectivity index is 1.59. The molecule has 0 bridgehead atoms. The van der Waals surface area contributed by atoms with Crippen LogP contribution < -0.4 is 11.1 Å². The number of benzene rings is 2. The van der Waals surface area contributed by atoms with Crippen LogP contribution in [0.2, 0.25) is 0 Å². The van der Waals surface area contributed by atoms with Crippen LogP contribution in [0.15, 0.2) is 66.9 Å². The Labute approximate surface area is 187 Å². The van der Waals surface area contributed by atoms with Gasteiger partial charge in [0.1, 0.15) is 6.61 Å². The SMILES string of the molecule is Cc1ncc(COC(=O)N[C@@H](C)C[C@H](O)[C@@H](N)C(c2ccccc2)c2ccccc2)s1. The van der Waals surface area contributed by atoms with Crippen LogP contribution in [0, 0.1) is 6.92 Å². The van der Waals surface area contributed by atoms with Crippen molar-refractivity contribution in [3.8, 4) is 0 Å². The summed E-state index contributed by atoms with van der Waals surface area (Å²) in [4.78, 5) is 17.1. The van der Waals surface area contributed by atoms with Crippen LogP contribution in [0.3, 0.4) is 0 Å². The van der Waals surface area contributed by atoms with Gasteiger partial charge in [0.15, 0.2) is 0 Å². The van der Waals surface area contributed by atoms with E-state index in [-0.39, 0.29) is 18.6 Å². The number of nitrogens with two attached hydrogens (primary N) is 1. The number of alkyl carbamates (subject to hydrolysis) is 1. The number of aliphatic hydroxyl groups is 1. The van der Waals surface area contributed by atoms with Gasteiger partial charge >= 0.3 is 6.09 Å². The summed E-state index contributed by atoms with van der Waals surface area (Å²) in [6, 6.07) is 19.0. The second-order valence-electron chi connectivity index (χ2n) is 7.65. The van der Waals surface area contributed by atoms with E-state index in [4.69, 9.17) is 10.5 Å².